The first-order valence-electron chi connectivity index (χ1n) is 6.71. The van der Waals surface area contributed by atoms with Gasteiger partial charge in [0.2, 0.25) is 5.88 Å². The van der Waals surface area contributed by atoms with Gasteiger partial charge in [0.15, 0.2) is 5.16 Å². The van der Waals surface area contributed by atoms with Crippen molar-refractivity contribution < 1.29 is 5.11 Å². The number of hydrogen-bond donors (Lipinski definition) is 2. The van der Waals surface area contributed by atoms with Crippen LogP contribution in [0.1, 0.15) is 37.3 Å². The van der Waals surface area contributed by atoms with Crippen LogP contribution in [0.2, 0.25) is 5.02 Å². The first-order chi connectivity index (χ1) is 10.0. The number of aromatic amines is 1. The Morgan fingerprint density at radius 2 is 2.05 bits per heavy atom. The molecule has 4 nitrogen and oxygen atoms in total. The van der Waals surface area contributed by atoms with Crippen LogP contribution < -0.4 is 5.56 Å². The van der Waals surface area contributed by atoms with Gasteiger partial charge in [0.1, 0.15) is 0 Å². The molecule has 1 unspecified atom stereocenters. The second kappa shape index (κ2) is 7.00. The Morgan fingerprint density at radius 1 is 1.38 bits per heavy atom. The highest BCUT2D eigenvalue weighted by molar-refractivity contribution is 7.98. The molecular weight excluding hydrogens is 308 g/mol. The third kappa shape index (κ3) is 4.02. The minimum Gasteiger partial charge on any atom is -0.493 e. The zero-order chi connectivity index (χ0) is 15.4. The van der Waals surface area contributed by atoms with Crippen LogP contribution in [0.4, 0.5) is 0 Å². The average molecular weight is 325 g/mol. The number of benzene rings is 1. The first-order valence-corrected chi connectivity index (χ1v) is 8.08. The van der Waals surface area contributed by atoms with Crippen molar-refractivity contribution >= 4 is 23.4 Å². The SMILES string of the molecule is CCC(C)c1c(O)nc(SCc2ccc(Cl)cc2)[nH]c1=O. The average Bonchev–Trinajstić information content (AvgIpc) is 2.45. The van der Waals surface area contributed by atoms with Crippen molar-refractivity contribution in [1.29, 1.82) is 0 Å². The predicted octanol–water partition coefficient (Wildman–Crippen LogP) is 3.93. The summed E-state index contributed by atoms with van der Waals surface area (Å²) in [7, 11) is 0. The van der Waals surface area contributed by atoms with E-state index in [9.17, 15) is 9.90 Å². The number of nitrogens with zero attached hydrogens (tertiary/aromatic N) is 1. The smallest absolute Gasteiger partial charge is 0.258 e. The summed E-state index contributed by atoms with van der Waals surface area (Å²) in [5, 5.41) is 11.0. The Bertz CT molecular complexity index is 670. The molecule has 112 valence electrons. The van der Waals surface area contributed by atoms with E-state index in [1.807, 2.05) is 38.1 Å². The second-order valence-electron chi connectivity index (χ2n) is 4.83. The Labute approximate surface area is 132 Å². The molecule has 0 aliphatic heterocycles. The highest BCUT2D eigenvalue weighted by Crippen LogP contribution is 2.26. The van der Waals surface area contributed by atoms with Gasteiger partial charge >= 0.3 is 0 Å². The lowest BCUT2D eigenvalue weighted by molar-refractivity contribution is 0.429. The number of rotatable bonds is 5. The van der Waals surface area contributed by atoms with Crippen LogP contribution in [0.25, 0.3) is 0 Å². The molecule has 1 heterocycles. The molecule has 0 radical (unpaired) electrons. The molecule has 2 aromatic rings. The topological polar surface area (TPSA) is 66.0 Å². The number of halogens is 1. The molecule has 2 N–H and O–H groups in total. The largest absolute Gasteiger partial charge is 0.493 e. The lowest BCUT2D eigenvalue weighted by Crippen LogP contribution is -2.17. The number of thioether (sulfide) groups is 1. The monoisotopic (exact) mass is 324 g/mol. The van der Waals surface area contributed by atoms with Crippen LogP contribution in [0.15, 0.2) is 34.2 Å². The lowest BCUT2D eigenvalue weighted by Gasteiger charge is -2.10. The maximum Gasteiger partial charge on any atom is 0.258 e. The third-order valence-corrected chi connectivity index (χ3v) is 4.50. The molecule has 0 spiro atoms. The fraction of sp³-hybridized carbons (Fsp3) is 0.333. The normalized spacial score (nSPS) is 12.3. The summed E-state index contributed by atoms with van der Waals surface area (Å²) < 4.78 is 0. The van der Waals surface area contributed by atoms with E-state index in [1.54, 1.807) is 0 Å². The van der Waals surface area contributed by atoms with Crippen molar-refractivity contribution in [2.45, 2.75) is 37.1 Å². The van der Waals surface area contributed by atoms with E-state index in [2.05, 4.69) is 9.97 Å². The van der Waals surface area contributed by atoms with E-state index in [0.717, 1.165) is 12.0 Å². The molecule has 21 heavy (non-hydrogen) atoms. The third-order valence-electron chi connectivity index (χ3n) is 3.31. The van der Waals surface area contributed by atoms with Gasteiger partial charge in [-0.3, -0.25) is 4.79 Å². The summed E-state index contributed by atoms with van der Waals surface area (Å²) >= 11 is 7.20. The summed E-state index contributed by atoms with van der Waals surface area (Å²) in [6, 6.07) is 7.47. The van der Waals surface area contributed by atoms with Gasteiger partial charge in [-0.05, 0) is 30.0 Å². The lowest BCUT2D eigenvalue weighted by atomic mass is 10.0. The van der Waals surface area contributed by atoms with E-state index >= 15 is 0 Å². The standard InChI is InChI=1S/C15H17ClN2O2S/c1-3-9(2)12-13(19)17-15(18-14(12)20)21-8-10-4-6-11(16)7-5-10/h4-7,9H,3,8H2,1-2H3,(H2,17,18,19,20). The zero-order valence-corrected chi connectivity index (χ0v) is 13.5. The molecule has 0 aliphatic rings. The molecule has 0 fully saturated rings. The Morgan fingerprint density at radius 3 is 2.62 bits per heavy atom. The number of aromatic nitrogens is 2. The molecule has 1 aromatic heterocycles. The van der Waals surface area contributed by atoms with Gasteiger partial charge in [0.25, 0.3) is 5.56 Å². The molecule has 0 saturated carbocycles. The number of H-pyrrole nitrogens is 1. The molecule has 1 atom stereocenters. The minimum absolute atomic E-state index is 0.0171. The van der Waals surface area contributed by atoms with Crippen LogP contribution in [0, 0.1) is 0 Å². The second-order valence-corrected chi connectivity index (χ2v) is 6.23. The van der Waals surface area contributed by atoms with E-state index in [0.29, 0.717) is 21.5 Å². The van der Waals surface area contributed by atoms with Gasteiger partial charge in [-0.2, -0.15) is 4.98 Å². The summed E-state index contributed by atoms with van der Waals surface area (Å²) in [5.74, 6) is 0.450. The van der Waals surface area contributed by atoms with E-state index in [-0.39, 0.29) is 17.4 Å². The van der Waals surface area contributed by atoms with Gasteiger partial charge in [0, 0.05) is 10.8 Å². The van der Waals surface area contributed by atoms with Crippen molar-refractivity contribution in [2.75, 3.05) is 0 Å². The molecule has 0 amide bonds. The molecule has 6 heteroatoms. The van der Waals surface area contributed by atoms with Gasteiger partial charge in [0.05, 0.1) is 5.56 Å². The van der Waals surface area contributed by atoms with Crippen molar-refractivity contribution in [3.05, 3.63) is 50.8 Å². The predicted molar refractivity (Wildman–Crippen MR) is 86.2 cm³/mol. The zero-order valence-electron chi connectivity index (χ0n) is 11.9. The van der Waals surface area contributed by atoms with Crippen molar-refractivity contribution in [1.82, 2.24) is 9.97 Å². The van der Waals surface area contributed by atoms with Crippen molar-refractivity contribution in [2.24, 2.45) is 0 Å². The van der Waals surface area contributed by atoms with Crippen LogP contribution in [-0.2, 0) is 5.75 Å². The number of nitrogens with one attached hydrogen (secondary N) is 1. The van der Waals surface area contributed by atoms with Gasteiger partial charge in [-0.15, -0.1) is 0 Å². The Kier molecular flexibility index (Phi) is 5.31. The maximum absolute atomic E-state index is 12.0. The summed E-state index contributed by atoms with van der Waals surface area (Å²) in [5.41, 5.74) is 1.15. The molecule has 0 saturated heterocycles. The van der Waals surface area contributed by atoms with Gasteiger partial charge in [-0.25, -0.2) is 0 Å². The van der Waals surface area contributed by atoms with Crippen molar-refractivity contribution in [3.8, 4) is 5.88 Å². The van der Waals surface area contributed by atoms with E-state index < -0.39 is 0 Å². The minimum atomic E-state index is -0.268. The van der Waals surface area contributed by atoms with Crippen LogP contribution in [-0.4, -0.2) is 15.1 Å². The summed E-state index contributed by atoms with van der Waals surface area (Å²) in [6.07, 6.45) is 0.773. The summed E-state index contributed by atoms with van der Waals surface area (Å²) in [4.78, 5) is 18.8. The molecular formula is C15H17ClN2O2S. The quantitative estimate of drug-likeness (QED) is 0.646. The fourth-order valence-corrected chi connectivity index (χ4v) is 2.84. The molecule has 2 rings (SSSR count). The Hall–Kier alpha value is -1.46. The van der Waals surface area contributed by atoms with Crippen molar-refractivity contribution in [3.63, 3.8) is 0 Å². The highest BCUT2D eigenvalue weighted by atomic mass is 35.5. The van der Waals surface area contributed by atoms with Crippen LogP contribution in [0.5, 0.6) is 5.88 Å². The molecule has 1 aromatic carbocycles. The highest BCUT2D eigenvalue weighted by Gasteiger charge is 2.16. The van der Waals surface area contributed by atoms with Gasteiger partial charge in [-0.1, -0.05) is 49.3 Å². The van der Waals surface area contributed by atoms with Crippen LogP contribution >= 0.6 is 23.4 Å². The number of hydrogen-bond acceptors (Lipinski definition) is 4. The number of aromatic hydroxyl groups is 1. The van der Waals surface area contributed by atoms with E-state index in [1.165, 1.54) is 11.8 Å². The summed E-state index contributed by atoms with van der Waals surface area (Å²) in [6.45, 7) is 3.86. The van der Waals surface area contributed by atoms with E-state index in [4.69, 9.17) is 11.6 Å². The fourth-order valence-electron chi connectivity index (χ4n) is 1.90. The van der Waals surface area contributed by atoms with Gasteiger partial charge < -0.3 is 10.1 Å². The first kappa shape index (κ1) is 15.9. The molecule has 0 aliphatic carbocycles. The van der Waals surface area contributed by atoms with Crippen LogP contribution in [0.3, 0.4) is 0 Å². The molecule has 0 bridgehead atoms. The maximum atomic E-state index is 12.0. The Balaban J connectivity index is 2.15.